The third kappa shape index (κ3) is 3.28. The molecule has 0 fully saturated rings. The summed E-state index contributed by atoms with van der Waals surface area (Å²) in [6, 6.07) is 24.2. The normalized spacial score (nSPS) is 17.1. The third-order valence-electron chi connectivity index (χ3n) is 5.03. The summed E-state index contributed by atoms with van der Waals surface area (Å²) in [7, 11) is 0. The molecule has 0 radical (unpaired) electrons. The Morgan fingerprint density at radius 1 is 1.07 bits per heavy atom. The Morgan fingerprint density at radius 2 is 1.93 bits per heavy atom. The number of amides is 1. The number of nitrogens with one attached hydrogen (secondary N) is 1. The van der Waals surface area contributed by atoms with Gasteiger partial charge in [0, 0.05) is 4.90 Å². The highest BCUT2D eigenvalue weighted by atomic mass is 32.2. The molecule has 3 aromatic carbocycles. The summed E-state index contributed by atoms with van der Waals surface area (Å²) in [6.45, 7) is 0.0478. The summed E-state index contributed by atoms with van der Waals surface area (Å²) in [5, 5.41) is 12.2. The summed E-state index contributed by atoms with van der Waals surface area (Å²) in [5.74, 6) is 0.545. The molecule has 29 heavy (non-hydrogen) atoms. The Bertz CT molecular complexity index is 1200. The van der Waals surface area contributed by atoms with Crippen LogP contribution in [0.3, 0.4) is 0 Å². The second-order valence-corrected chi connectivity index (χ2v) is 8.07. The van der Waals surface area contributed by atoms with Gasteiger partial charge in [-0.25, -0.2) is 0 Å². The van der Waals surface area contributed by atoms with Crippen LogP contribution in [0.2, 0.25) is 0 Å². The average molecular weight is 396 g/mol. The third-order valence-corrected chi connectivity index (χ3v) is 6.40. The van der Waals surface area contributed by atoms with Gasteiger partial charge in [0.25, 0.3) is 5.91 Å². The molecule has 4 nitrogen and oxygen atoms in total. The van der Waals surface area contributed by atoms with Crippen molar-refractivity contribution in [1.29, 1.82) is 5.26 Å². The average Bonchev–Trinajstić information content (AvgIpc) is 2.78. The van der Waals surface area contributed by atoms with Crippen molar-refractivity contribution in [3.8, 4) is 11.8 Å². The highest BCUT2D eigenvalue weighted by Gasteiger charge is 2.26. The quantitative estimate of drug-likeness (QED) is 0.640. The van der Waals surface area contributed by atoms with Crippen LogP contribution in [0.5, 0.6) is 5.75 Å². The predicted molar refractivity (Wildman–Crippen MR) is 115 cm³/mol. The molecule has 0 saturated heterocycles. The largest absolute Gasteiger partial charge is 0.482 e. The number of rotatable bonds is 2. The first-order valence-electron chi connectivity index (χ1n) is 9.26. The van der Waals surface area contributed by atoms with Gasteiger partial charge in [0.15, 0.2) is 6.61 Å². The lowest BCUT2D eigenvalue weighted by Gasteiger charge is -2.27. The van der Waals surface area contributed by atoms with Crippen molar-refractivity contribution in [1.82, 2.24) is 0 Å². The summed E-state index contributed by atoms with van der Waals surface area (Å²) >= 11 is 1.74. The highest BCUT2D eigenvalue weighted by Crippen LogP contribution is 2.51. The van der Waals surface area contributed by atoms with Gasteiger partial charge in [-0.1, -0.05) is 42.5 Å². The van der Waals surface area contributed by atoms with Crippen LogP contribution in [0.25, 0.3) is 11.6 Å². The predicted octanol–water partition coefficient (Wildman–Crippen LogP) is 5.28. The molecule has 3 aromatic rings. The van der Waals surface area contributed by atoms with Crippen molar-refractivity contribution in [3.63, 3.8) is 0 Å². The first-order valence-corrected chi connectivity index (χ1v) is 10.1. The number of nitrogens with zero attached hydrogens (tertiary/aromatic N) is 1. The minimum atomic E-state index is -0.143. The van der Waals surface area contributed by atoms with Crippen molar-refractivity contribution in [2.75, 3.05) is 11.9 Å². The summed E-state index contributed by atoms with van der Waals surface area (Å²) in [5.41, 5.74) is 5.83. The summed E-state index contributed by atoms with van der Waals surface area (Å²) in [4.78, 5) is 12.8. The zero-order valence-electron chi connectivity index (χ0n) is 15.4. The maximum absolute atomic E-state index is 11.7. The molecule has 2 aliphatic heterocycles. The van der Waals surface area contributed by atoms with E-state index in [0.29, 0.717) is 17.0 Å². The zero-order valence-corrected chi connectivity index (χ0v) is 16.2. The van der Waals surface area contributed by atoms with Crippen molar-refractivity contribution in [3.05, 3.63) is 89.0 Å². The number of fused-ring (bicyclic) bond motifs is 2. The van der Waals surface area contributed by atoms with E-state index in [1.165, 1.54) is 5.56 Å². The molecule has 1 amide bonds. The van der Waals surface area contributed by atoms with E-state index in [2.05, 4.69) is 29.6 Å². The second kappa shape index (κ2) is 7.16. The SMILES string of the molecule is N#Cc1ccc2c(c1)SC(c1ccccc1)C(c1ccc3c(c1)NC(=O)CO3)=C2. The van der Waals surface area contributed by atoms with Gasteiger partial charge in [0.2, 0.25) is 0 Å². The number of carbonyl (C=O) groups excluding carboxylic acids is 1. The molecule has 140 valence electrons. The van der Waals surface area contributed by atoms with Crippen LogP contribution in [0, 0.1) is 11.3 Å². The standard InChI is InChI=1S/C24H16N2O2S/c25-13-15-6-7-18-11-19(17-8-9-21-20(12-17)26-23(27)14-28-21)24(29-22(18)10-15)16-4-2-1-3-5-16/h1-12,24H,14H2,(H,26,27). The Balaban J connectivity index is 1.65. The molecule has 0 aliphatic carbocycles. The van der Waals surface area contributed by atoms with Crippen LogP contribution < -0.4 is 10.1 Å². The number of carbonyl (C=O) groups is 1. The first kappa shape index (κ1) is 17.6. The lowest BCUT2D eigenvalue weighted by Crippen LogP contribution is -2.25. The fourth-order valence-corrected chi connectivity index (χ4v) is 4.97. The van der Waals surface area contributed by atoms with Crippen molar-refractivity contribution < 1.29 is 9.53 Å². The molecule has 0 bridgehead atoms. The number of hydrogen-bond acceptors (Lipinski definition) is 4. The molecule has 1 unspecified atom stereocenters. The number of benzene rings is 3. The minimum absolute atomic E-state index is 0.0478. The van der Waals surface area contributed by atoms with E-state index in [9.17, 15) is 10.1 Å². The van der Waals surface area contributed by atoms with Crippen molar-refractivity contribution >= 4 is 35.0 Å². The van der Waals surface area contributed by atoms with Gasteiger partial charge in [-0.05, 0) is 52.6 Å². The van der Waals surface area contributed by atoms with E-state index < -0.39 is 0 Å². The van der Waals surface area contributed by atoms with Gasteiger partial charge >= 0.3 is 0 Å². The number of nitriles is 1. The molecular weight excluding hydrogens is 380 g/mol. The molecule has 5 rings (SSSR count). The van der Waals surface area contributed by atoms with E-state index in [-0.39, 0.29) is 17.8 Å². The fraction of sp³-hybridized carbons (Fsp3) is 0.0833. The first-order chi connectivity index (χ1) is 14.2. The molecule has 0 aromatic heterocycles. The molecule has 1 atom stereocenters. The Hall–Kier alpha value is -3.49. The van der Waals surface area contributed by atoms with E-state index >= 15 is 0 Å². The van der Waals surface area contributed by atoms with Gasteiger partial charge in [0.1, 0.15) is 5.75 Å². The lowest BCUT2D eigenvalue weighted by atomic mass is 9.94. The Kier molecular flexibility index (Phi) is 4.34. The van der Waals surface area contributed by atoms with Gasteiger partial charge in [-0.15, -0.1) is 11.8 Å². The van der Waals surface area contributed by atoms with Gasteiger partial charge in [0.05, 0.1) is 22.6 Å². The minimum Gasteiger partial charge on any atom is -0.482 e. The fourth-order valence-electron chi connectivity index (χ4n) is 3.63. The number of hydrogen-bond donors (Lipinski definition) is 1. The van der Waals surface area contributed by atoms with Crippen LogP contribution in [-0.4, -0.2) is 12.5 Å². The van der Waals surface area contributed by atoms with E-state index in [4.69, 9.17) is 4.74 Å². The zero-order chi connectivity index (χ0) is 19.8. The van der Waals surface area contributed by atoms with Crippen molar-refractivity contribution in [2.45, 2.75) is 10.1 Å². The second-order valence-electron chi connectivity index (χ2n) is 6.92. The van der Waals surface area contributed by atoms with E-state index in [1.807, 2.05) is 54.6 Å². The molecule has 2 heterocycles. The van der Waals surface area contributed by atoms with Crippen LogP contribution >= 0.6 is 11.8 Å². The lowest BCUT2D eigenvalue weighted by molar-refractivity contribution is -0.118. The number of anilines is 1. The smallest absolute Gasteiger partial charge is 0.262 e. The van der Waals surface area contributed by atoms with Crippen LogP contribution in [-0.2, 0) is 4.79 Å². The van der Waals surface area contributed by atoms with Crippen molar-refractivity contribution in [2.24, 2.45) is 0 Å². The molecule has 5 heteroatoms. The summed E-state index contributed by atoms with van der Waals surface area (Å²) < 4.78 is 5.50. The molecule has 0 saturated carbocycles. The van der Waals surface area contributed by atoms with E-state index in [1.54, 1.807) is 11.8 Å². The monoisotopic (exact) mass is 396 g/mol. The van der Waals surface area contributed by atoms with E-state index in [0.717, 1.165) is 21.6 Å². The van der Waals surface area contributed by atoms with Crippen LogP contribution in [0.4, 0.5) is 5.69 Å². The molecule has 2 aliphatic rings. The highest BCUT2D eigenvalue weighted by molar-refractivity contribution is 8.00. The van der Waals surface area contributed by atoms with Crippen LogP contribution in [0.1, 0.15) is 27.5 Å². The van der Waals surface area contributed by atoms with Gasteiger partial charge < -0.3 is 10.1 Å². The topological polar surface area (TPSA) is 62.1 Å². The maximum Gasteiger partial charge on any atom is 0.262 e. The maximum atomic E-state index is 11.7. The molecule has 1 N–H and O–H groups in total. The molecular formula is C24H16N2O2S. The van der Waals surface area contributed by atoms with Crippen LogP contribution in [0.15, 0.2) is 71.6 Å². The Morgan fingerprint density at radius 3 is 2.76 bits per heavy atom. The van der Waals surface area contributed by atoms with Gasteiger partial charge in [-0.2, -0.15) is 5.26 Å². The summed E-state index contributed by atoms with van der Waals surface area (Å²) in [6.07, 6.45) is 2.18. The van der Waals surface area contributed by atoms with Gasteiger partial charge in [-0.3, -0.25) is 4.79 Å². The number of thioether (sulfide) groups is 1. The number of ether oxygens (including phenoxy) is 1. The molecule has 0 spiro atoms. The Labute approximate surface area is 172 Å².